The van der Waals surface area contributed by atoms with Crippen molar-refractivity contribution in [1.29, 1.82) is 0 Å². The standard InChI is InChI=1S/C26H19Cl2F2N5O4S/c1-11-14(9-32-35(11)2)13-8-16(23(29)30)33-26-19(13)21(22(40-26)24(31)36)34-25(37)18-7-6-12(39-18)10-38-17-5-3-4-15(27)20(17)28/h3-9,23H,10H2,1-2H3,(H2,31,36)(H,34,37). The molecule has 4 aromatic heterocycles. The topological polar surface area (TPSA) is 125 Å². The number of hydrogen-bond acceptors (Lipinski definition) is 7. The lowest BCUT2D eigenvalue weighted by atomic mass is 10.0. The van der Waals surface area contributed by atoms with Gasteiger partial charge in [-0.25, -0.2) is 13.8 Å². The van der Waals surface area contributed by atoms with Crippen molar-refractivity contribution in [3.63, 3.8) is 0 Å². The Hall–Kier alpha value is -4.00. The van der Waals surface area contributed by atoms with Crippen molar-refractivity contribution in [2.75, 3.05) is 5.32 Å². The van der Waals surface area contributed by atoms with Crippen molar-refractivity contribution in [2.45, 2.75) is 20.0 Å². The van der Waals surface area contributed by atoms with E-state index in [1.54, 1.807) is 36.9 Å². The van der Waals surface area contributed by atoms with Crippen LogP contribution in [0.1, 0.15) is 43.8 Å². The molecular formula is C26H19Cl2F2N5O4S. The number of benzene rings is 1. The van der Waals surface area contributed by atoms with E-state index in [4.69, 9.17) is 38.1 Å². The number of alkyl halides is 2. The highest BCUT2D eigenvalue weighted by molar-refractivity contribution is 7.21. The second kappa shape index (κ2) is 10.9. The van der Waals surface area contributed by atoms with E-state index in [2.05, 4.69) is 15.4 Å². The summed E-state index contributed by atoms with van der Waals surface area (Å²) in [7, 11) is 1.70. The van der Waals surface area contributed by atoms with E-state index >= 15 is 0 Å². The lowest BCUT2D eigenvalue weighted by Gasteiger charge is -2.10. The Bertz CT molecular complexity index is 1780. The molecule has 0 radical (unpaired) electrons. The predicted octanol–water partition coefficient (Wildman–Crippen LogP) is 6.77. The fourth-order valence-corrected chi connectivity index (χ4v) is 5.36. The van der Waals surface area contributed by atoms with Gasteiger partial charge in [0.25, 0.3) is 18.2 Å². The molecule has 3 N–H and O–H groups in total. The molecule has 5 rings (SSSR count). The van der Waals surface area contributed by atoms with Gasteiger partial charge in [-0.05, 0) is 42.8 Å². The van der Waals surface area contributed by atoms with Gasteiger partial charge in [0.15, 0.2) is 5.76 Å². The second-order valence-electron chi connectivity index (χ2n) is 8.57. The molecule has 1 aromatic carbocycles. The van der Waals surface area contributed by atoms with Crippen LogP contribution in [-0.2, 0) is 13.7 Å². The van der Waals surface area contributed by atoms with Crippen LogP contribution in [-0.4, -0.2) is 26.6 Å². The van der Waals surface area contributed by atoms with Crippen LogP contribution in [0.4, 0.5) is 14.5 Å². The number of thiophene rings is 1. The average Bonchev–Trinajstić information content (AvgIpc) is 3.62. The fraction of sp³-hybridized carbons (Fsp3) is 0.154. The van der Waals surface area contributed by atoms with Gasteiger partial charge in [-0.15, -0.1) is 11.3 Å². The first kappa shape index (κ1) is 27.6. The van der Waals surface area contributed by atoms with Crippen LogP contribution in [0.3, 0.4) is 0 Å². The number of aromatic nitrogens is 3. The first-order chi connectivity index (χ1) is 19.0. The third-order valence-electron chi connectivity index (χ3n) is 6.06. The number of nitrogens with one attached hydrogen (secondary N) is 1. The van der Waals surface area contributed by atoms with E-state index in [0.29, 0.717) is 33.4 Å². The maximum absolute atomic E-state index is 13.7. The fourth-order valence-electron chi connectivity index (χ4n) is 3.99. The van der Waals surface area contributed by atoms with Gasteiger partial charge in [-0.1, -0.05) is 29.3 Å². The van der Waals surface area contributed by atoms with Crippen molar-refractivity contribution < 1.29 is 27.5 Å². The van der Waals surface area contributed by atoms with Crippen molar-refractivity contribution >= 4 is 62.3 Å². The van der Waals surface area contributed by atoms with Crippen molar-refractivity contribution in [1.82, 2.24) is 14.8 Å². The Morgan fingerprint density at radius 1 is 1.23 bits per heavy atom. The number of pyridine rings is 1. The van der Waals surface area contributed by atoms with E-state index in [1.165, 1.54) is 24.4 Å². The molecule has 9 nitrogen and oxygen atoms in total. The molecule has 2 amide bonds. The Labute approximate surface area is 239 Å². The van der Waals surface area contributed by atoms with E-state index in [-0.39, 0.29) is 38.2 Å². The minimum atomic E-state index is -2.87. The molecule has 14 heteroatoms. The number of carbonyl (C=O) groups is 2. The molecule has 0 unspecified atom stereocenters. The molecule has 206 valence electrons. The van der Waals surface area contributed by atoms with Crippen LogP contribution in [0.2, 0.25) is 10.0 Å². The number of ether oxygens (including phenoxy) is 1. The smallest absolute Gasteiger partial charge is 0.291 e. The number of nitrogens with zero attached hydrogens (tertiary/aromatic N) is 3. The van der Waals surface area contributed by atoms with E-state index in [1.807, 2.05) is 0 Å². The van der Waals surface area contributed by atoms with Crippen LogP contribution in [0.5, 0.6) is 5.75 Å². The van der Waals surface area contributed by atoms with Crippen LogP contribution < -0.4 is 15.8 Å². The summed E-state index contributed by atoms with van der Waals surface area (Å²) in [5, 5.41) is 7.69. The number of hydrogen-bond donors (Lipinski definition) is 2. The van der Waals surface area contributed by atoms with E-state index < -0.39 is 23.9 Å². The van der Waals surface area contributed by atoms with Gasteiger partial charge in [0, 0.05) is 23.7 Å². The zero-order valence-electron chi connectivity index (χ0n) is 20.8. The minimum Gasteiger partial charge on any atom is -0.484 e. The van der Waals surface area contributed by atoms with Gasteiger partial charge in [0.1, 0.15) is 38.5 Å². The van der Waals surface area contributed by atoms with Crippen LogP contribution in [0.25, 0.3) is 21.3 Å². The molecule has 0 spiro atoms. The number of anilines is 1. The number of rotatable bonds is 8. The van der Waals surface area contributed by atoms with Gasteiger partial charge in [-0.3, -0.25) is 14.3 Å². The van der Waals surface area contributed by atoms with Crippen molar-refractivity contribution in [3.8, 4) is 16.9 Å². The lowest BCUT2D eigenvalue weighted by molar-refractivity contribution is 0.0992. The molecule has 0 fully saturated rings. The highest BCUT2D eigenvalue weighted by atomic mass is 35.5. The summed E-state index contributed by atoms with van der Waals surface area (Å²) < 4.78 is 40.3. The third kappa shape index (κ3) is 5.12. The Morgan fingerprint density at radius 3 is 2.67 bits per heavy atom. The molecule has 4 heterocycles. The quantitative estimate of drug-likeness (QED) is 0.201. The molecule has 0 aliphatic carbocycles. The van der Waals surface area contributed by atoms with Gasteiger partial charge in [0.2, 0.25) is 0 Å². The highest BCUT2D eigenvalue weighted by Gasteiger charge is 2.27. The Kier molecular flexibility index (Phi) is 7.49. The second-order valence-corrected chi connectivity index (χ2v) is 10.4. The number of nitrogens with two attached hydrogens (primary N) is 1. The number of primary amides is 1. The molecule has 0 aliphatic rings. The molecule has 5 aromatic rings. The van der Waals surface area contributed by atoms with Crippen molar-refractivity contribution in [3.05, 3.63) is 80.4 Å². The number of aryl methyl sites for hydroxylation is 1. The molecule has 0 atom stereocenters. The summed E-state index contributed by atoms with van der Waals surface area (Å²) in [4.78, 5) is 29.7. The minimum absolute atomic E-state index is 0.0315. The lowest BCUT2D eigenvalue weighted by Crippen LogP contribution is -2.16. The monoisotopic (exact) mass is 605 g/mol. The van der Waals surface area contributed by atoms with Crippen LogP contribution in [0.15, 0.2) is 47.0 Å². The maximum Gasteiger partial charge on any atom is 0.291 e. The molecule has 0 bridgehead atoms. The SMILES string of the molecule is Cc1c(-c2cc(C(F)F)nc3sc(C(N)=O)c(NC(=O)c4ccc(COc5cccc(Cl)c5Cl)o4)c23)cnn1C. The van der Waals surface area contributed by atoms with Crippen LogP contribution >= 0.6 is 34.5 Å². The summed E-state index contributed by atoms with van der Waals surface area (Å²) in [5.74, 6) is -1.02. The number of fused-ring (bicyclic) bond motifs is 1. The zero-order chi connectivity index (χ0) is 28.7. The van der Waals surface area contributed by atoms with Gasteiger partial charge in [0.05, 0.1) is 16.9 Å². The van der Waals surface area contributed by atoms with E-state index in [0.717, 1.165) is 11.3 Å². The van der Waals surface area contributed by atoms with Gasteiger partial charge < -0.3 is 20.2 Å². The normalized spacial score (nSPS) is 11.4. The molecule has 0 saturated heterocycles. The summed E-state index contributed by atoms with van der Waals surface area (Å²) in [5.41, 5.74) is 6.66. The first-order valence-corrected chi connectivity index (χ1v) is 13.1. The van der Waals surface area contributed by atoms with Crippen LogP contribution in [0, 0.1) is 6.92 Å². The Balaban J connectivity index is 1.51. The number of halogens is 4. The number of furan rings is 1. The highest BCUT2D eigenvalue weighted by Crippen LogP contribution is 2.43. The molecule has 0 saturated carbocycles. The summed E-state index contributed by atoms with van der Waals surface area (Å²) >= 11 is 12.9. The maximum atomic E-state index is 13.7. The molecule has 40 heavy (non-hydrogen) atoms. The number of carbonyl (C=O) groups excluding carboxylic acids is 2. The summed E-state index contributed by atoms with van der Waals surface area (Å²) in [6.07, 6.45) is -1.36. The molecular weight excluding hydrogens is 587 g/mol. The largest absolute Gasteiger partial charge is 0.484 e. The summed E-state index contributed by atoms with van der Waals surface area (Å²) in [6.45, 7) is 1.71. The summed E-state index contributed by atoms with van der Waals surface area (Å²) in [6, 6.07) is 9.10. The van der Waals surface area contributed by atoms with Gasteiger partial charge in [-0.2, -0.15) is 5.10 Å². The molecule has 0 aliphatic heterocycles. The number of amides is 2. The third-order valence-corrected chi connectivity index (χ3v) is 7.96. The van der Waals surface area contributed by atoms with Crippen molar-refractivity contribution in [2.24, 2.45) is 12.8 Å². The van der Waals surface area contributed by atoms with Gasteiger partial charge >= 0.3 is 0 Å². The van der Waals surface area contributed by atoms with E-state index in [9.17, 15) is 18.4 Å². The Morgan fingerprint density at radius 2 is 2.00 bits per heavy atom. The first-order valence-electron chi connectivity index (χ1n) is 11.6. The average molecular weight is 606 g/mol. The predicted molar refractivity (Wildman–Crippen MR) is 147 cm³/mol. The zero-order valence-corrected chi connectivity index (χ0v) is 23.1.